The Labute approximate surface area is 498 Å². The Bertz CT molecular complexity index is 3020. The van der Waals surface area contributed by atoms with Gasteiger partial charge in [-0.05, 0) is 148 Å². The van der Waals surface area contributed by atoms with Crippen LogP contribution in [0.4, 0.5) is 34.6 Å². The molecule has 0 radical (unpaired) electrons. The third-order valence-electron chi connectivity index (χ3n) is 18.5. The van der Waals surface area contributed by atoms with Gasteiger partial charge >= 0.3 is 0 Å². The van der Waals surface area contributed by atoms with Gasteiger partial charge in [0.05, 0.1) is 53.2 Å². The van der Waals surface area contributed by atoms with Crippen molar-refractivity contribution in [3.63, 3.8) is 0 Å². The number of halogens is 4. The number of anilines is 3. The molecule has 0 spiro atoms. The van der Waals surface area contributed by atoms with E-state index in [4.69, 9.17) is 14.2 Å². The zero-order valence-electron chi connectivity index (χ0n) is 50.5. The van der Waals surface area contributed by atoms with E-state index in [0.29, 0.717) is 128 Å². The quantitative estimate of drug-likeness (QED) is 0.0747. The first kappa shape index (κ1) is 60.2. The second-order valence-corrected chi connectivity index (χ2v) is 25.5. The van der Waals surface area contributed by atoms with Crippen LogP contribution in [-0.2, 0) is 19.3 Å². The molecule has 3 fully saturated rings. The van der Waals surface area contributed by atoms with Gasteiger partial charge in [-0.25, -0.2) is 17.6 Å². The molecule has 0 aliphatic carbocycles. The van der Waals surface area contributed by atoms with Crippen LogP contribution in [0.1, 0.15) is 126 Å². The topological polar surface area (TPSA) is 199 Å². The van der Waals surface area contributed by atoms with Gasteiger partial charge in [0, 0.05) is 92.3 Å². The number of likely N-dealkylation sites (N-methyl/N-ethyl adjacent to an activating group) is 1. The van der Waals surface area contributed by atoms with E-state index >= 15 is 17.6 Å². The number of hydrogen-bond acceptors (Lipinski definition) is 18. The lowest BCUT2D eigenvalue weighted by Crippen LogP contribution is -2.65. The molecule has 3 aromatic rings. The molecule has 12 unspecified atom stereocenters. The van der Waals surface area contributed by atoms with Gasteiger partial charge < -0.3 is 51.0 Å². The fraction of sp³-hybridized carbons (Fsp3) is 0.619. The van der Waals surface area contributed by atoms with Crippen LogP contribution in [0.25, 0.3) is 16.7 Å². The number of hydrogen-bond donors (Lipinski definition) is 14. The van der Waals surface area contributed by atoms with Crippen LogP contribution in [0.2, 0.25) is 0 Å². The number of allylic oxidation sites excluding steroid dienone is 3. The summed E-state index contributed by atoms with van der Waals surface area (Å²) in [5, 5.41) is 49.2. The molecular weight excluding hydrogens is 1090 g/mol. The maximum Gasteiger partial charge on any atom is 0.160 e. The van der Waals surface area contributed by atoms with E-state index < -0.39 is 24.2 Å². The van der Waals surface area contributed by atoms with Crippen molar-refractivity contribution in [1.82, 2.24) is 63.4 Å². The molecule has 22 heteroatoms. The van der Waals surface area contributed by atoms with Crippen molar-refractivity contribution in [2.75, 3.05) is 75.9 Å². The molecule has 85 heavy (non-hydrogen) atoms. The summed E-state index contributed by atoms with van der Waals surface area (Å²) < 4.78 is 87.1. The van der Waals surface area contributed by atoms with Gasteiger partial charge in [0.25, 0.3) is 0 Å². The van der Waals surface area contributed by atoms with Gasteiger partial charge in [-0.1, -0.05) is 18.2 Å². The predicted octanol–water partition coefficient (Wildman–Crippen LogP) is 5.98. The number of nitrogens with zero attached hydrogens (tertiary/aromatic N) is 1. The minimum Gasteiger partial charge on any atom is -0.492 e. The van der Waals surface area contributed by atoms with Crippen molar-refractivity contribution in [2.45, 2.75) is 191 Å². The summed E-state index contributed by atoms with van der Waals surface area (Å²) in [6.45, 7) is 14.9. The maximum absolute atomic E-state index is 17.6. The highest BCUT2D eigenvalue weighted by Crippen LogP contribution is 2.47. The number of nitrogens with one attached hydrogen (secondary N) is 14. The van der Waals surface area contributed by atoms with Gasteiger partial charge in [0.15, 0.2) is 23.3 Å². The Balaban J connectivity index is 0.717. The second-order valence-electron chi connectivity index (χ2n) is 25.5. The normalized spacial score (nSPS) is 31.6. The highest BCUT2D eigenvalue weighted by molar-refractivity contribution is 5.80. The number of ether oxygens (including phenoxy) is 3. The van der Waals surface area contributed by atoms with Gasteiger partial charge in [-0.3, -0.25) is 42.5 Å². The average Bonchev–Trinajstić information content (AvgIpc) is 2.22. The Morgan fingerprint density at radius 1 is 0.588 bits per heavy atom. The molecule has 9 aliphatic heterocycles. The second kappa shape index (κ2) is 26.3. The molecule has 3 saturated heterocycles. The Morgan fingerprint density at radius 3 is 1.79 bits per heavy atom. The average molecular weight is 1180 g/mol. The van der Waals surface area contributed by atoms with Crippen molar-refractivity contribution in [1.29, 1.82) is 0 Å². The molecule has 0 saturated carbocycles. The molecule has 464 valence electrons. The fourth-order valence-corrected chi connectivity index (χ4v) is 14.1. The first-order valence-corrected chi connectivity index (χ1v) is 31.6. The molecule has 9 heterocycles. The summed E-state index contributed by atoms with van der Waals surface area (Å²) in [4.78, 5) is 2.19. The largest absolute Gasteiger partial charge is 0.492 e. The van der Waals surface area contributed by atoms with E-state index in [1.54, 1.807) is 0 Å². The van der Waals surface area contributed by atoms with Crippen LogP contribution in [0.5, 0.6) is 17.2 Å². The summed E-state index contributed by atoms with van der Waals surface area (Å²) in [6, 6.07) is 4.46. The Morgan fingerprint density at radius 2 is 1.15 bits per heavy atom. The Hall–Kier alpha value is -5.08. The van der Waals surface area contributed by atoms with Crippen LogP contribution in [0, 0.1) is 23.3 Å². The molecule has 0 aromatic heterocycles. The summed E-state index contributed by atoms with van der Waals surface area (Å²) in [5.74, 6) is -0.408. The van der Waals surface area contributed by atoms with Crippen LogP contribution in [0.3, 0.4) is 0 Å². The lowest BCUT2D eigenvalue weighted by molar-refractivity contribution is 0.188. The van der Waals surface area contributed by atoms with E-state index in [2.05, 4.69) is 126 Å². The number of fused-ring (bicyclic) bond motifs is 3. The molecule has 0 amide bonds. The lowest BCUT2D eigenvalue weighted by atomic mass is 9.94. The molecule has 0 bridgehead atoms. The van der Waals surface area contributed by atoms with Crippen LogP contribution in [0.15, 0.2) is 30.4 Å². The SMILES string of the molecule is CNC1CC(C)NC(Nc2cc3c(c(C4=CCN[C@@H](C)CC4)c2F)OC(CNC2CC(C)NC(Nc4cc5c(c(C6=CC(C)NCCC6)c4F)OC(CNC4CC(C)NC(Nc6c(F)c7c(c(C8=CCN(C)CCC8)c6F)OCC7)N4)C5)N2)C3)N1. The summed E-state index contributed by atoms with van der Waals surface area (Å²) >= 11 is 0. The van der Waals surface area contributed by atoms with Crippen molar-refractivity contribution < 1.29 is 31.8 Å². The molecular formula is C63H91F4N15O3. The lowest BCUT2D eigenvalue weighted by Gasteiger charge is -2.38. The summed E-state index contributed by atoms with van der Waals surface area (Å²) in [6.07, 6.45) is 12.5. The van der Waals surface area contributed by atoms with Crippen LogP contribution >= 0.6 is 0 Å². The van der Waals surface area contributed by atoms with Crippen LogP contribution < -0.4 is 88.6 Å². The summed E-state index contributed by atoms with van der Waals surface area (Å²) in [7, 11) is 3.97. The predicted molar refractivity (Wildman–Crippen MR) is 328 cm³/mol. The number of benzene rings is 3. The highest BCUT2D eigenvalue weighted by atomic mass is 19.1. The standard InChI is InChI=1S/C63H91F4N15O3/c1-32-12-13-38(14-18-70-32)50-54(65)45(76-61-73-34(3)23-47(68-6)78-61)28-40-26-42(84-58(40)50)30-71-48-24-35(4)74-62(79-48)77-46-29-41-27-43(85-59(41)52(55(46)66)39-10-8-17-69-33(2)22-39)31-72-49-25-36(5)75-63(80-49)81-57-53(64)44-16-21-83-60(44)51(56(57)67)37-11-9-19-82(7)20-15-37/h14-15,22,28-29,32-36,42-43,47-49,61-63,68-81H,8-13,16-21,23-27,30-31H2,1-7H3/t32-,33?,34?,35?,36?,42?,43?,47?,48?,49?,61?,62?,63?/m0/s1. The first-order chi connectivity index (χ1) is 41.1. The zero-order chi connectivity index (χ0) is 59.0. The minimum atomic E-state index is -0.654. The third-order valence-corrected chi connectivity index (χ3v) is 18.5. The molecule has 14 N–H and O–H groups in total. The van der Waals surface area contributed by atoms with Gasteiger partial charge in [0.1, 0.15) is 54.0 Å². The van der Waals surface area contributed by atoms with E-state index in [9.17, 15) is 0 Å². The molecule has 18 nitrogen and oxygen atoms in total. The van der Waals surface area contributed by atoms with Gasteiger partial charge in [-0.15, -0.1) is 0 Å². The van der Waals surface area contributed by atoms with Crippen molar-refractivity contribution in [2.24, 2.45) is 0 Å². The smallest absolute Gasteiger partial charge is 0.160 e. The molecule has 3 aromatic carbocycles. The monoisotopic (exact) mass is 1180 g/mol. The van der Waals surface area contributed by atoms with Crippen LogP contribution in [-0.4, -0.2) is 145 Å². The minimum absolute atomic E-state index is 0.00833. The van der Waals surface area contributed by atoms with Crippen molar-refractivity contribution >= 4 is 33.8 Å². The highest BCUT2D eigenvalue weighted by Gasteiger charge is 2.38. The van der Waals surface area contributed by atoms with Crippen molar-refractivity contribution in [3.8, 4) is 17.2 Å². The fourth-order valence-electron chi connectivity index (χ4n) is 14.1. The molecule has 13 atom stereocenters. The van der Waals surface area contributed by atoms with E-state index in [1.165, 1.54) is 0 Å². The third kappa shape index (κ3) is 13.5. The molecule has 9 aliphatic rings. The van der Waals surface area contributed by atoms with E-state index in [0.717, 1.165) is 79.5 Å². The Kier molecular flexibility index (Phi) is 18.6. The first-order valence-electron chi connectivity index (χ1n) is 31.6. The summed E-state index contributed by atoms with van der Waals surface area (Å²) in [5.41, 5.74) is 7.05. The number of rotatable bonds is 16. The molecule has 12 rings (SSSR count). The van der Waals surface area contributed by atoms with E-state index in [1.807, 2.05) is 32.3 Å². The van der Waals surface area contributed by atoms with Crippen molar-refractivity contribution in [3.05, 3.63) is 87.0 Å². The van der Waals surface area contributed by atoms with Gasteiger partial charge in [0.2, 0.25) is 0 Å². The van der Waals surface area contributed by atoms with E-state index in [-0.39, 0.29) is 78.5 Å². The maximum atomic E-state index is 17.6. The zero-order valence-corrected chi connectivity index (χ0v) is 50.5. The van der Waals surface area contributed by atoms with Gasteiger partial charge in [-0.2, -0.15) is 0 Å².